The lowest BCUT2D eigenvalue weighted by molar-refractivity contribution is 0.0696. The van der Waals surface area contributed by atoms with Crippen LogP contribution in [0.15, 0.2) is 47.0 Å². The van der Waals surface area contributed by atoms with Crippen LogP contribution in [0.5, 0.6) is 5.75 Å². The first-order valence-corrected chi connectivity index (χ1v) is 10.4. The minimum absolute atomic E-state index is 0.0275. The molecule has 32 heavy (non-hydrogen) atoms. The van der Waals surface area contributed by atoms with Gasteiger partial charge in [0, 0.05) is 36.8 Å². The van der Waals surface area contributed by atoms with Crippen LogP contribution in [0.25, 0.3) is 11.3 Å². The monoisotopic (exact) mass is 435 g/mol. The molecule has 2 amide bonds. The summed E-state index contributed by atoms with van der Waals surface area (Å²) in [5.74, 6) is 0.679. The van der Waals surface area contributed by atoms with Crippen molar-refractivity contribution in [3.63, 3.8) is 0 Å². The Labute approximate surface area is 185 Å². The summed E-state index contributed by atoms with van der Waals surface area (Å²) in [4.78, 5) is 29.5. The topological polar surface area (TPSA) is 105 Å². The first kappa shape index (κ1) is 21.4. The molecule has 3 aromatic rings. The number of rotatable bonds is 7. The highest BCUT2D eigenvalue weighted by atomic mass is 16.5. The van der Waals surface area contributed by atoms with Crippen LogP contribution in [0.3, 0.4) is 0 Å². The molecule has 0 bridgehead atoms. The number of ether oxygens (including phenoxy) is 1. The van der Waals surface area contributed by atoms with Crippen molar-refractivity contribution in [2.45, 2.75) is 33.3 Å². The summed E-state index contributed by atoms with van der Waals surface area (Å²) >= 11 is 0. The van der Waals surface area contributed by atoms with Gasteiger partial charge in [-0.15, -0.1) is 0 Å². The molecule has 0 spiro atoms. The Morgan fingerprint density at radius 1 is 1.28 bits per heavy atom. The van der Waals surface area contributed by atoms with Crippen LogP contribution in [0, 0.1) is 6.92 Å². The molecule has 1 fully saturated rings. The first-order valence-electron chi connectivity index (χ1n) is 10.4. The Morgan fingerprint density at radius 2 is 2.09 bits per heavy atom. The number of amides is 2. The van der Waals surface area contributed by atoms with Crippen molar-refractivity contribution in [1.82, 2.24) is 10.3 Å². The molecular weight excluding hydrogens is 410 g/mol. The Bertz CT molecular complexity index is 1170. The predicted molar refractivity (Wildman–Crippen MR) is 119 cm³/mol. The Kier molecular flexibility index (Phi) is 5.85. The van der Waals surface area contributed by atoms with E-state index in [0.29, 0.717) is 36.9 Å². The number of nitrogens with one attached hydrogen (secondary N) is 1. The van der Waals surface area contributed by atoms with Crippen LogP contribution >= 0.6 is 0 Å². The molecule has 1 aliphatic rings. The fourth-order valence-electron chi connectivity index (χ4n) is 3.62. The fourth-order valence-corrected chi connectivity index (χ4v) is 3.62. The molecule has 1 saturated heterocycles. The third-order valence-corrected chi connectivity index (χ3v) is 5.21. The average molecular weight is 435 g/mol. The SMILES string of the molecule is Cc1ccc(C(=O)O)cc1Cc1ncc(-c2cc(OC(C)C)cc(N3CCNC3=O)c2)o1. The zero-order chi connectivity index (χ0) is 22.8. The summed E-state index contributed by atoms with van der Waals surface area (Å²) in [6.45, 7) is 6.96. The number of carbonyl (C=O) groups excluding carboxylic acids is 1. The number of carboxylic acid groups (broad SMARTS) is 1. The van der Waals surface area contributed by atoms with E-state index in [9.17, 15) is 14.7 Å². The third-order valence-electron chi connectivity index (χ3n) is 5.21. The molecule has 8 nitrogen and oxygen atoms in total. The number of aryl methyl sites for hydroxylation is 1. The van der Waals surface area contributed by atoms with Crippen LogP contribution in [0.4, 0.5) is 10.5 Å². The van der Waals surface area contributed by atoms with E-state index in [-0.39, 0.29) is 17.7 Å². The van der Waals surface area contributed by atoms with Gasteiger partial charge in [-0.3, -0.25) is 4.90 Å². The molecule has 0 atom stereocenters. The smallest absolute Gasteiger partial charge is 0.335 e. The molecule has 4 rings (SSSR count). The van der Waals surface area contributed by atoms with Crippen LogP contribution in [0.1, 0.15) is 41.2 Å². The standard InChI is InChI=1S/C24H25N3O5/c1-14(2)31-20-10-18(9-19(12-20)27-7-6-25-24(27)30)21-13-26-22(32-21)11-17-8-16(23(28)29)5-4-15(17)3/h4-5,8-10,12-14H,6-7,11H2,1-3H3,(H,25,30)(H,28,29). The summed E-state index contributed by atoms with van der Waals surface area (Å²) in [6.07, 6.45) is 1.98. The number of carbonyl (C=O) groups is 2. The van der Waals surface area contributed by atoms with Crippen molar-refractivity contribution in [3.05, 3.63) is 65.2 Å². The van der Waals surface area contributed by atoms with Crippen LogP contribution in [-0.2, 0) is 6.42 Å². The third kappa shape index (κ3) is 4.59. The van der Waals surface area contributed by atoms with Gasteiger partial charge in [-0.1, -0.05) is 6.07 Å². The summed E-state index contributed by atoms with van der Waals surface area (Å²) in [6, 6.07) is 10.4. The van der Waals surface area contributed by atoms with Gasteiger partial charge in [0.25, 0.3) is 0 Å². The van der Waals surface area contributed by atoms with Crippen molar-refractivity contribution in [2.24, 2.45) is 0 Å². The van der Waals surface area contributed by atoms with E-state index in [2.05, 4.69) is 10.3 Å². The normalized spacial score (nSPS) is 13.5. The Morgan fingerprint density at radius 3 is 2.78 bits per heavy atom. The second-order valence-corrected chi connectivity index (χ2v) is 8.01. The second-order valence-electron chi connectivity index (χ2n) is 8.01. The lowest BCUT2D eigenvalue weighted by Gasteiger charge is -2.18. The average Bonchev–Trinajstić information content (AvgIpc) is 3.38. The van der Waals surface area contributed by atoms with E-state index in [4.69, 9.17) is 9.15 Å². The van der Waals surface area contributed by atoms with Gasteiger partial charge in [0.1, 0.15) is 5.75 Å². The quantitative estimate of drug-likeness (QED) is 0.575. The second kappa shape index (κ2) is 8.74. The van der Waals surface area contributed by atoms with E-state index < -0.39 is 5.97 Å². The summed E-state index contributed by atoms with van der Waals surface area (Å²) in [7, 11) is 0. The fraction of sp³-hybridized carbons (Fsp3) is 0.292. The Hall–Kier alpha value is -3.81. The van der Waals surface area contributed by atoms with Gasteiger partial charge in [-0.05, 0) is 56.2 Å². The first-order chi connectivity index (χ1) is 15.3. The molecule has 0 unspecified atom stereocenters. The summed E-state index contributed by atoms with van der Waals surface area (Å²) in [5, 5.41) is 12.1. The van der Waals surface area contributed by atoms with Gasteiger partial charge in [0.05, 0.1) is 17.9 Å². The molecule has 1 aliphatic heterocycles. The molecule has 166 valence electrons. The maximum absolute atomic E-state index is 12.2. The van der Waals surface area contributed by atoms with E-state index in [1.165, 1.54) is 0 Å². The minimum Gasteiger partial charge on any atom is -0.491 e. The summed E-state index contributed by atoms with van der Waals surface area (Å²) < 4.78 is 11.9. The van der Waals surface area contributed by atoms with Crippen molar-refractivity contribution < 1.29 is 23.8 Å². The zero-order valence-electron chi connectivity index (χ0n) is 18.2. The van der Waals surface area contributed by atoms with Crippen LogP contribution in [0.2, 0.25) is 0 Å². The molecular formula is C24H25N3O5. The van der Waals surface area contributed by atoms with Crippen LogP contribution < -0.4 is 15.0 Å². The zero-order valence-corrected chi connectivity index (χ0v) is 18.2. The van der Waals surface area contributed by atoms with Gasteiger partial charge < -0.3 is 19.6 Å². The number of anilines is 1. The number of hydrogen-bond donors (Lipinski definition) is 2. The number of aromatic carboxylic acids is 1. The van der Waals surface area contributed by atoms with E-state index >= 15 is 0 Å². The largest absolute Gasteiger partial charge is 0.491 e. The number of oxazole rings is 1. The van der Waals surface area contributed by atoms with Crippen molar-refractivity contribution in [3.8, 4) is 17.1 Å². The maximum Gasteiger partial charge on any atom is 0.335 e. The van der Waals surface area contributed by atoms with Gasteiger partial charge in [0.2, 0.25) is 0 Å². The molecule has 0 radical (unpaired) electrons. The van der Waals surface area contributed by atoms with Gasteiger partial charge in [0.15, 0.2) is 11.7 Å². The van der Waals surface area contributed by atoms with Crippen molar-refractivity contribution >= 4 is 17.7 Å². The summed E-state index contributed by atoms with van der Waals surface area (Å²) in [5.41, 5.74) is 3.49. The molecule has 2 aromatic carbocycles. The van der Waals surface area contributed by atoms with E-state index in [1.807, 2.05) is 39.0 Å². The van der Waals surface area contributed by atoms with Crippen LogP contribution in [-0.4, -0.2) is 41.3 Å². The van der Waals surface area contributed by atoms with Crippen molar-refractivity contribution in [1.29, 1.82) is 0 Å². The maximum atomic E-state index is 12.2. The minimum atomic E-state index is -0.972. The lowest BCUT2D eigenvalue weighted by Crippen LogP contribution is -2.27. The predicted octanol–water partition coefficient (Wildman–Crippen LogP) is 4.26. The molecule has 2 heterocycles. The van der Waals surface area contributed by atoms with Gasteiger partial charge >= 0.3 is 12.0 Å². The van der Waals surface area contributed by atoms with E-state index in [1.54, 1.807) is 29.3 Å². The number of carboxylic acids is 1. The highest BCUT2D eigenvalue weighted by Gasteiger charge is 2.23. The number of nitrogens with zero attached hydrogens (tertiary/aromatic N) is 2. The van der Waals surface area contributed by atoms with Crippen molar-refractivity contribution in [2.75, 3.05) is 18.0 Å². The van der Waals surface area contributed by atoms with E-state index in [0.717, 1.165) is 22.4 Å². The number of urea groups is 1. The van der Waals surface area contributed by atoms with Gasteiger partial charge in [-0.2, -0.15) is 0 Å². The highest BCUT2D eigenvalue weighted by molar-refractivity contribution is 5.95. The number of hydrogen-bond acceptors (Lipinski definition) is 5. The number of aromatic nitrogens is 1. The molecule has 8 heteroatoms. The molecule has 2 N–H and O–H groups in total. The van der Waals surface area contributed by atoms with Gasteiger partial charge in [-0.25, -0.2) is 14.6 Å². The molecule has 1 aromatic heterocycles. The highest BCUT2D eigenvalue weighted by Crippen LogP contribution is 2.32. The molecule has 0 saturated carbocycles. The Balaban J connectivity index is 1.65. The number of benzene rings is 2. The molecule has 0 aliphatic carbocycles. The lowest BCUT2D eigenvalue weighted by atomic mass is 10.0.